The maximum atomic E-state index is 14.8. The second-order valence-corrected chi connectivity index (χ2v) is 7.63. The molecule has 3 heterocycles. The van der Waals surface area contributed by atoms with Gasteiger partial charge in [0.25, 0.3) is 0 Å². The van der Waals surface area contributed by atoms with Crippen molar-refractivity contribution >= 4 is 5.97 Å². The van der Waals surface area contributed by atoms with Crippen LogP contribution >= 0.6 is 0 Å². The Kier molecular flexibility index (Phi) is 5.69. The van der Waals surface area contributed by atoms with Crippen molar-refractivity contribution in [1.82, 2.24) is 19.3 Å². The first-order valence-electron chi connectivity index (χ1n) is 10.1. The number of carbonyl (C=O) groups excluding carboxylic acids is 1. The van der Waals surface area contributed by atoms with Crippen molar-refractivity contribution in [3.63, 3.8) is 0 Å². The van der Waals surface area contributed by atoms with Crippen molar-refractivity contribution in [1.29, 1.82) is 0 Å². The summed E-state index contributed by atoms with van der Waals surface area (Å²) >= 11 is 0. The third-order valence-electron chi connectivity index (χ3n) is 5.11. The lowest BCUT2D eigenvalue weighted by molar-refractivity contribution is 0.0272. The summed E-state index contributed by atoms with van der Waals surface area (Å²) in [7, 11) is 0. The fraction of sp³-hybridized carbons (Fsp3) is 0.364. The van der Waals surface area contributed by atoms with Gasteiger partial charge in [-0.05, 0) is 24.5 Å². The number of nitrogens with zero attached hydrogens (tertiary/aromatic N) is 4. The minimum Gasteiger partial charge on any atom is -0.452 e. The molecule has 3 aromatic rings. The van der Waals surface area contributed by atoms with Gasteiger partial charge in [-0.15, -0.1) is 5.10 Å². The van der Waals surface area contributed by atoms with Gasteiger partial charge in [0.2, 0.25) is 0 Å². The predicted molar refractivity (Wildman–Crippen MR) is 109 cm³/mol. The van der Waals surface area contributed by atoms with Crippen molar-refractivity contribution in [2.45, 2.75) is 46.6 Å². The lowest BCUT2D eigenvalue weighted by atomic mass is 10.0. The average molecular weight is 426 g/mol. The number of cyclic esters (lactones) is 1. The van der Waals surface area contributed by atoms with E-state index in [-0.39, 0.29) is 23.9 Å². The molecule has 4 rings (SSSR count). The van der Waals surface area contributed by atoms with Crippen molar-refractivity contribution in [3.05, 3.63) is 75.3 Å². The number of aromatic nitrogens is 4. The third-order valence-corrected chi connectivity index (χ3v) is 5.11. The maximum Gasteiger partial charge on any atom is 0.352 e. The largest absolute Gasteiger partial charge is 0.452 e. The Morgan fingerprint density at radius 2 is 1.94 bits per heavy atom. The van der Waals surface area contributed by atoms with Gasteiger partial charge >= 0.3 is 11.7 Å². The van der Waals surface area contributed by atoms with Crippen LogP contribution in [0, 0.1) is 11.7 Å². The smallest absolute Gasteiger partial charge is 0.352 e. The average Bonchev–Trinajstić information content (AvgIpc) is 3.24. The van der Waals surface area contributed by atoms with Crippen molar-refractivity contribution in [2.24, 2.45) is 5.92 Å². The molecule has 0 spiro atoms. The first kappa shape index (κ1) is 20.9. The molecular weight excluding hydrogens is 403 g/mol. The molecular formula is C22H23FN4O4. The molecule has 31 heavy (non-hydrogen) atoms. The molecule has 1 unspecified atom stereocenters. The molecule has 1 aliphatic rings. The van der Waals surface area contributed by atoms with Gasteiger partial charge in [-0.1, -0.05) is 44.2 Å². The van der Waals surface area contributed by atoms with Gasteiger partial charge in [0.05, 0.1) is 17.9 Å². The summed E-state index contributed by atoms with van der Waals surface area (Å²) in [6.07, 6.45) is -0.598. The van der Waals surface area contributed by atoms with Gasteiger partial charge < -0.3 is 9.47 Å². The summed E-state index contributed by atoms with van der Waals surface area (Å²) in [5.74, 6) is -1.39. The lowest BCUT2D eigenvalue weighted by Crippen LogP contribution is -2.25. The van der Waals surface area contributed by atoms with Crippen LogP contribution in [0.15, 0.2) is 41.2 Å². The molecule has 1 atom stereocenters. The van der Waals surface area contributed by atoms with Crippen LogP contribution in [0.4, 0.5) is 4.39 Å². The molecule has 0 radical (unpaired) electrons. The molecule has 1 aromatic carbocycles. The Morgan fingerprint density at radius 1 is 1.19 bits per heavy atom. The second-order valence-electron chi connectivity index (χ2n) is 7.63. The molecule has 0 saturated heterocycles. The molecule has 9 heteroatoms. The van der Waals surface area contributed by atoms with Gasteiger partial charge in [0.15, 0.2) is 17.5 Å². The van der Waals surface area contributed by atoms with Gasteiger partial charge in [0, 0.05) is 6.54 Å². The van der Waals surface area contributed by atoms with Gasteiger partial charge in [-0.25, -0.2) is 19.0 Å². The van der Waals surface area contributed by atoms with Crippen molar-refractivity contribution < 1.29 is 18.7 Å². The first-order valence-corrected chi connectivity index (χ1v) is 10.1. The quantitative estimate of drug-likeness (QED) is 0.539. The summed E-state index contributed by atoms with van der Waals surface area (Å²) in [4.78, 5) is 29.2. The van der Waals surface area contributed by atoms with Gasteiger partial charge in [0.1, 0.15) is 12.7 Å². The van der Waals surface area contributed by atoms with Gasteiger partial charge in [-0.2, -0.15) is 4.68 Å². The highest BCUT2D eigenvalue weighted by Crippen LogP contribution is 2.35. The Morgan fingerprint density at radius 3 is 2.61 bits per heavy atom. The molecule has 0 N–H and O–H groups in total. The summed E-state index contributed by atoms with van der Waals surface area (Å²) in [6.45, 7) is 6.31. The Balaban J connectivity index is 1.67. The highest BCUT2D eigenvalue weighted by molar-refractivity contribution is 5.93. The summed E-state index contributed by atoms with van der Waals surface area (Å²) in [6, 6.07) is 10.7. The first-order chi connectivity index (χ1) is 14.9. The van der Waals surface area contributed by atoms with E-state index in [1.165, 1.54) is 4.57 Å². The topological polar surface area (TPSA) is 88.2 Å². The summed E-state index contributed by atoms with van der Waals surface area (Å²) < 4.78 is 28.2. The number of rotatable bonds is 7. The zero-order valence-electron chi connectivity index (χ0n) is 17.5. The minimum absolute atomic E-state index is 0.0529. The van der Waals surface area contributed by atoms with Crippen LogP contribution < -0.4 is 5.69 Å². The van der Waals surface area contributed by atoms with E-state index in [0.29, 0.717) is 24.7 Å². The van der Waals surface area contributed by atoms with E-state index in [2.05, 4.69) is 10.1 Å². The van der Waals surface area contributed by atoms with Crippen LogP contribution in [0.5, 0.6) is 0 Å². The van der Waals surface area contributed by atoms with Crippen LogP contribution in [-0.4, -0.2) is 25.3 Å². The van der Waals surface area contributed by atoms with Crippen LogP contribution in [0.2, 0.25) is 0 Å². The van der Waals surface area contributed by atoms with Gasteiger partial charge in [-0.3, -0.25) is 4.57 Å². The lowest BCUT2D eigenvalue weighted by Gasteiger charge is -2.14. The number of pyridine rings is 1. The summed E-state index contributed by atoms with van der Waals surface area (Å²) in [5.41, 5.74) is 0.854. The van der Waals surface area contributed by atoms with Crippen LogP contribution in [-0.2, 0) is 29.2 Å². The molecule has 0 aliphatic carbocycles. The number of hydrogen-bond donors (Lipinski definition) is 0. The SMILES string of the molecule is CCn1c(COCc2ccccc2)nn(-c2nc3c(cc2F)C(=O)OC3C(C)C)c1=O. The van der Waals surface area contributed by atoms with Crippen LogP contribution in [0.3, 0.4) is 0 Å². The number of fused-ring (bicyclic) bond motifs is 1. The van der Waals surface area contributed by atoms with Crippen LogP contribution in [0.25, 0.3) is 5.82 Å². The number of ether oxygens (including phenoxy) is 2. The maximum absolute atomic E-state index is 14.8. The fourth-order valence-electron chi connectivity index (χ4n) is 3.54. The Labute approximate surface area is 178 Å². The minimum atomic E-state index is -0.820. The molecule has 162 valence electrons. The highest BCUT2D eigenvalue weighted by Gasteiger charge is 2.36. The van der Waals surface area contributed by atoms with Crippen molar-refractivity contribution in [3.8, 4) is 5.82 Å². The van der Waals surface area contributed by atoms with Crippen LogP contribution in [0.1, 0.15) is 54.3 Å². The molecule has 1 aliphatic heterocycles. The number of hydrogen-bond acceptors (Lipinski definition) is 6. The Hall–Kier alpha value is -3.33. The van der Waals surface area contributed by atoms with E-state index >= 15 is 0 Å². The van der Waals surface area contributed by atoms with E-state index in [1.54, 1.807) is 6.92 Å². The summed E-state index contributed by atoms with van der Waals surface area (Å²) in [5, 5.41) is 4.27. The Bertz CT molecular complexity index is 1170. The number of esters is 1. The predicted octanol–water partition coefficient (Wildman–Crippen LogP) is 3.17. The number of carbonyl (C=O) groups is 1. The number of halogens is 1. The molecule has 0 bridgehead atoms. The number of benzene rings is 1. The standard InChI is InChI=1S/C22H23FN4O4/c1-4-26-17(12-30-11-14-8-6-5-7-9-14)25-27(22(26)29)20-16(23)10-15-18(24-20)19(13(2)3)31-21(15)28/h5-10,13,19H,4,11-12H2,1-3H3. The zero-order valence-corrected chi connectivity index (χ0v) is 17.5. The normalized spacial score (nSPS) is 15.4. The van der Waals surface area contributed by atoms with E-state index in [4.69, 9.17) is 9.47 Å². The van der Waals surface area contributed by atoms with Crippen molar-refractivity contribution in [2.75, 3.05) is 0 Å². The van der Waals surface area contributed by atoms with E-state index < -0.39 is 23.6 Å². The molecule has 2 aromatic heterocycles. The van der Waals surface area contributed by atoms with E-state index in [1.807, 2.05) is 44.2 Å². The molecule has 8 nitrogen and oxygen atoms in total. The zero-order chi connectivity index (χ0) is 22.1. The second kappa shape index (κ2) is 8.43. The van der Waals surface area contributed by atoms with E-state index in [9.17, 15) is 14.0 Å². The molecule has 0 fully saturated rings. The molecule has 0 saturated carbocycles. The monoisotopic (exact) mass is 426 g/mol. The fourth-order valence-corrected chi connectivity index (χ4v) is 3.54. The van der Waals surface area contributed by atoms with E-state index in [0.717, 1.165) is 16.3 Å². The third kappa shape index (κ3) is 3.88. The highest BCUT2D eigenvalue weighted by atomic mass is 19.1. The molecule has 0 amide bonds.